The van der Waals surface area contributed by atoms with Gasteiger partial charge in [0.05, 0.1) is 0 Å². The lowest BCUT2D eigenvalue weighted by Crippen LogP contribution is -2.50. The van der Waals surface area contributed by atoms with Crippen LogP contribution in [0.25, 0.3) is 11.5 Å². The van der Waals surface area contributed by atoms with E-state index in [1.165, 1.54) is 0 Å². The maximum atomic E-state index is 12.4. The second-order valence-corrected chi connectivity index (χ2v) is 6.73. The zero-order valence-electron chi connectivity index (χ0n) is 15.7. The molecule has 0 bridgehead atoms. The maximum Gasteiger partial charge on any atom is 0.318 e. The number of nitrogens with zero attached hydrogens (tertiary/aromatic N) is 4. The molecule has 1 saturated heterocycles. The lowest BCUT2D eigenvalue weighted by atomic mass is 10.2. The molecule has 0 spiro atoms. The molecule has 28 heavy (non-hydrogen) atoms. The molecule has 1 aliphatic heterocycles. The number of carbonyl (C=O) groups is 1. The SMILES string of the molecule is Cc1ccc(OCC(=O)N2CCN(c3nnc(-c4ccccc4)o3)CC2)cc1. The number of hydrogen-bond acceptors (Lipinski definition) is 6. The van der Waals surface area contributed by atoms with Crippen LogP contribution in [0.1, 0.15) is 5.56 Å². The molecule has 0 radical (unpaired) electrons. The standard InChI is InChI=1S/C21H22N4O3/c1-16-7-9-18(10-8-16)27-15-19(26)24-11-13-25(14-12-24)21-23-22-20(28-21)17-5-3-2-4-6-17/h2-10H,11-15H2,1H3. The molecule has 2 aromatic carbocycles. The fraction of sp³-hybridized carbons (Fsp3) is 0.286. The van der Waals surface area contributed by atoms with Gasteiger partial charge in [0.25, 0.3) is 5.91 Å². The first-order chi connectivity index (χ1) is 13.7. The molecule has 7 heteroatoms. The van der Waals surface area contributed by atoms with Crippen molar-refractivity contribution in [3.05, 3.63) is 60.2 Å². The molecule has 1 aromatic heterocycles. The molecule has 0 saturated carbocycles. The van der Waals surface area contributed by atoms with Crippen LogP contribution in [0.2, 0.25) is 0 Å². The first kappa shape index (κ1) is 18.0. The summed E-state index contributed by atoms with van der Waals surface area (Å²) in [6, 6.07) is 17.8. The highest BCUT2D eigenvalue weighted by Crippen LogP contribution is 2.22. The van der Waals surface area contributed by atoms with Crippen molar-refractivity contribution in [3.63, 3.8) is 0 Å². The van der Waals surface area contributed by atoms with Gasteiger partial charge in [0, 0.05) is 31.7 Å². The number of ether oxygens (including phenoxy) is 1. The van der Waals surface area contributed by atoms with Crippen molar-refractivity contribution >= 4 is 11.9 Å². The van der Waals surface area contributed by atoms with Crippen molar-refractivity contribution in [2.45, 2.75) is 6.92 Å². The number of carbonyl (C=O) groups excluding carboxylic acids is 1. The fourth-order valence-electron chi connectivity index (χ4n) is 3.06. The third kappa shape index (κ3) is 4.14. The molecule has 3 aromatic rings. The van der Waals surface area contributed by atoms with Gasteiger partial charge < -0.3 is 19.0 Å². The van der Waals surface area contributed by atoms with Crippen LogP contribution < -0.4 is 9.64 Å². The van der Waals surface area contributed by atoms with Crippen LogP contribution in [-0.2, 0) is 4.79 Å². The molecule has 7 nitrogen and oxygen atoms in total. The van der Waals surface area contributed by atoms with Crippen molar-refractivity contribution in [2.24, 2.45) is 0 Å². The van der Waals surface area contributed by atoms with E-state index in [2.05, 4.69) is 10.2 Å². The minimum atomic E-state index is -0.0178. The molecule has 0 N–H and O–H groups in total. The molecule has 4 rings (SSSR count). The Labute approximate surface area is 163 Å². The Bertz CT molecular complexity index is 916. The molecule has 0 unspecified atom stereocenters. The van der Waals surface area contributed by atoms with E-state index in [-0.39, 0.29) is 12.5 Å². The van der Waals surface area contributed by atoms with Crippen LogP contribution in [0, 0.1) is 6.92 Å². The molecule has 1 aliphatic rings. The normalized spacial score (nSPS) is 14.2. The third-order valence-electron chi connectivity index (χ3n) is 4.72. The van der Waals surface area contributed by atoms with E-state index in [1.54, 1.807) is 4.90 Å². The highest BCUT2D eigenvalue weighted by atomic mass is 16.5. The average Bonchev–Trinajstić information content (AvgIpc) is 3.24. The summed E-state index contributed by atoms with van der Waals surface area (Å²) in [4.78, 5) is 16.2. The smallest absolute Gasteiger partial charge is 0.318 e. The van der Waals surface area contributed by atoms with Crippen LogP contribution in [0.15, 0.2) is 59.0 Å². The minimum absolute atomic E-state index is 0.0178. The van der Waals surface area contributed by atoms with Gasteiger partial charge in [0.1, 0.15) is 5.75 Å². The Morgan fingerprint density at radius 3 is 2.43 bits per heavy atom. The number of rotatable bonds is 5. The second-order valence-electron chi connectivity index (χ2n) is 6.73. The van der Waals surface area contributed by atoms with Gasteiger partial charge in [-0.3, -0.25) is 4.79 Å². The first-order valence-electron chi connectivity index (χ1n) is 9.30. The number of aromatic nitrogens is 2. The lowest BCUT2D eigenvalue weighted by molar-refractivity contribution is -0.133. The Hall–Kier alpha value is -3.35. The van der Waals surface area contributed by atoms with Crippen molar-refractivity contribution in [2.75, 3.05) is 37.7 Å². The van der Waals surface area contributed by atoms with Gasteiger partial charge in [0.15, 0.2) is 6.61 Å². The van der Waals surface area contributed by atoms with E-state index >= 15 is 0 Å². The summed E-state index contributed by atoms with van der Waals surface area (Å²) in [5.41, 5.74) is 2.05. The van der Waals surface area contributed by atoms with Gasteiger partial charge in [-0.25, -0.2) is 0 Å². The fourth-order valence-corrected chi connectivity index (χ4v) is 3.06. The summed E-state index contributed by atoms with van der Waals surface area (Å²) in [5.74, 6) is 1.19. The van der Waals surface area contributed by atoms with Crippen LogP contribution in [0.5, 0.6) is 5.75 Å². The van der Waals surface area contributed by atoms with Crippen molar-refractivity contribution in [1.29, 1.82) is 0 Å². The van der Waals surface area contributed by atoms with E-state index in [0.29, 0.717) is 43.8 Å². The van der Waals surface area contributed by atoms with Crippen molar-refractivity contribution in [1.82, 2.24) is 15.1 Å². The molecule has 0 atom stereocenters. The number of amides is 1. The van der Waals surface area contributed by atoms with Gasteiger partial charge in [-0.1, -0.05) is 41.0 Å². The van der Waals surface area contributed by atoms with E-state index in [4.69, 9.17) is 9.15 Å². The molecule has 0 aliphatic carbocycles. The molecular weight excluding hydrogens is 356 g/mol. The quantitative estimate of drug-likeness (QED) is 0.680. The molecule has 1 amide bonds. The average molecular weight is 378 g/mol. The Balaban J connectivity index is 1.29. The molecular formula is C21H22N4O3. The van der Waals surface area contributed by atoms with Crippen LogP contribution >= 0.6 is 0 Å². The van der Waals surface area contributed by atoms with E-state index < -0.39 is 0 Å². The number of aryl methyl sites for hydroxylation is 1. The summed E-state index contributed by atoms with van der Waals surface area (Å²) in [6.45, 7) is 4.54. The van der Waals surface area contributed by atoms with Crippen LogP contribution in [0.3, 0.4) is 0 Å². The summed E-state index contributed by atoms with van der Waals surface area (Å²) in [5, 5.41) is 8.28. The number of anilines is 1. The predicted molar refractivity (Wildman–Crippen MR) is 105 cm³/mol. The number of hydrogen-bond donors (Lipinski definition) is 0. The largest absolute Gasteiger partial charge is 0.484 e. The predicted octanol–water partition coefficient (Wildman–Crippen LogP) is 2.77. The summed E-state index contributed by atoms with van der Waals surface area (Å²) in [6.07, 6.45) is 0. The second kappa shape index (κ2) is 8.12. The monoisotopic (exact) mass is 378 g/mol. The lowest BCUT2D eigenvalue weighted by Gasteiger charge is -2.33. The zero-order chi connectivity index (χ0) is 19.3. The van der Waals surface area contributed by atoms with Gasteiger partial charge in [0.2, 0.25) is 5.89 Å². The van der Waals surface area contributed by atoms with E-state index in [1.807, 2.05) is 66.4 Å². The van der Waals surface area contributed by atoms with Gasteiger partial charge >= 0.3 is 6.01 Å². The Kier molecular flexibility index (Phi) is 5.23. The molecule has 1 fully saturated rings. The highest BCUT2D eigenvalue weighted by molar-refractivity contribution is 5.78. The highest BCUT2D eigenvalue weighted by Gasteiger charge is 2.24. The third-order valence-corrected chi connectivity index (χ3v) is 4.72. The number of benzene rings is 2. The Morgan fingerprint density at radius 1 is 1.00 bits per heavy atom. The van der Waals surface area contributed by atoms with Crippen LogP contribution in [0.4, 0.5) is 6.01 Å². The maximum absolute atomic E-state index is 12.4. The van der Waals surface area contributed by atoms with E-state index in [0.717, 1.165) is 11.1 Å². The summed E-state index contributed by atoms with van der Waals surface area (Å²) < 4.78 is 11.4. The van der Waals surface area contributed by atoms with Crippen molar-refractivity contribution in [3.8, 4) is 17.2 Å². The van der Waals surface area contributed by atoms with Crippen molar-refractivity contribution < 1.29 is 13.9 Å². The van der Waals surface area contributed by atoms with Crippen LogP contribution in [-0.4, -0.2) is 53.8 Å². The number of piperazine rings is 1. The topological polar surface area (TPSA) is 71.7 Å². The zero-order valence-corrected chi connectivity index (χ0v) is 15.7. The summed E-state index contributed by atoms with van der Waals surface area (Å²) >= 11 is 0. The van der Waals surface area contributed by atoms with E-state index in [9.17, 15) is 4.79 Å². The Morgan fingerprint density at radius 2 is 1.71 bits per heavy atom. The van der Waals surface area contributed by atoms with Gasteiger partial charge in [-0.2, -0.15) is 0 Å². The molecule has 2 heterocycles. The minimum Gasteiger partial charge on any atom is -0.484 e. The molecule has 144 valence electrons. The van der Waals surface area contributed by atoms with Gasteiger partial charge in [-0.15, -0.1) is 5.10 Å². The first-order valence-corrected chi connectivity index (χ1v) is 9.30. The summed E-state index contributed by atoms with van der Waals surface area (Å²) in [7, 11) is 0. The van der Waals surface area contributed by atoms with Gasteiger partial charge in [-0.05, 0) is 31.2 Å².